The Hall–Kier alpha value is -0.505. The van der Waals surface area contributed by atoms with Gasteiger partial charge in [0.15, 0.2) is 0 Å². The van der Waals surface area contributed by atoms with Gasteiger partial charge in [0.05, 0.1) is 0 Å². The van der Waals surface area contributed by atoms with Gasteiger partial charge in [-0.05, 0) is 25.8 Å². The monoisotopic (exact) mass is 183 g/mol. The molecular formula is C9H18BNO2. The van der Waals surface area contributed by atoms with E-state index in [0.717, 1.165) is 45.0 Å². The average molecular weight is 183 g/mol. The maximum Gasteiger partial charge on any atom is 0.323 e. The summed E-state index contributed by atoms with van der Waals surface area (Å²) >= 11 is 0. The van der Waals surface area contributed by atoms with Crippen LogP contribution in [0.25, 0.3) is 0 Å². The lowest BCUT2D eigenvalue weighted by atomic mass is 9.89. The smallest absolute Gasteiger partial charge is 0.323 e. The number of nitrogens with one attached hydrogen (secondary N) is 1. The first-order valence-corrected chi connectivity index (χ1v) is 5.20. The van der Waals surface area contributed by atoms with Gasteiger partial charge < -0.3 is 10.4 Å². The van der Waals surface area contributed by atoms with Crippen LogP contribution in [0.1, 0.15) is 32.1 Å². The van der Waals surface area contributed by atoms with Crippen molar-refractivity contribution in [1.82, 2.24) is 5.32 Å². The zero-order chi connectivity index (χ0) is 9.73. The van der Waals surface area contributed by atoms with Crippen molar-refractivity contribution in [2.75, 3.05) is 6.54 Å². The molecule has 0 amide bonds. The molecule has 0 aromatic heterocycles. The zero-order valence-corrected chi connectivity index (χ0v) is 8.31. The molecule has 2 N–H and O–H groups in total. The highest BCUT2D eigenvalue weighted by molar-refractivity contribution is 6.08. The SMILES string of the molecule is BCCCCC1(C(=O)O)CCCN1. The van der Waals surface area contributed by atoms with Crippen molar-refractivity contribution in [3.63, 3.8) is 0 Å². The van der Waals surface area contributed by atoms with Crippen molar-refractivity contribution in [3.05, 3.63) is 0 Å². The third-order valence-electron chi connectivity index (χ3n) is 2.86. The van der Waals surface area contributed by atoms with Crippen LogP contribution in [0.15, 0.2) is 0 Å². The van der Waals surface area contributed by atoms with Crippen LogP contribution in [0.3, 0.4) is 0 Å². The van der Waals surface area contributed by atoms with Gasteiger partial charge in [0.2, 0.25) is 0 Å². The van der Waals surface area contributed by atoms with E-state index >= 15 is 0 Å². The largest absolute Gasteiger partial charge is 0.480 e. The Morgan fingerprint density at radius 3 is 2.77 bits per heavy atom. The fourth-order valence-corrected chi connectivity index (χ4v) is 1.99. The molecular weight excluding hydrogens is 165 g/mol. The van der Waals surface area contributed by atoms with Crippen molar-refractivity contribution >= 4 is 13.8 Å². The minimum atomic E-state index is -0.666. The highest BCUT2D eigenvalue weighted by Gasteiger charge is 2.39. The van der Waals surface area contributed by atoms with Crippen molar-refractivity contribution < 1.29 is 9.90 Å². The van der Waals surface area contributed by atoms with Crippen molar-refractivity contribution in [1.29, 1.82) is 0 Å². The van der Waals surface area contributed by atoms with Gasteiger partial charge in [-0.25, -0.2) is 0 Å². The van der Waals surface area contributed by atoms with Gasteiger partial charge in [0.25, 0.3) is 0 Å². The Bertz CT molecular complexity index is 178. The van der Waals surface area contributed by atoms with E-state index in [1.165, 1.54) is 0 Å². The molecule has 1 heterocycles. The van der Waals surface area contributed by atoms with Gasteiger partial charge in [0.1, 0.15) is 13.4 Å². The van der Waals surface area contributed by atoms with Crippen LogP contribution in [-0.4, -0.2) is 31.0 Å². The first-order chi connectivity index (χ1) is 6.21. The second kappa shape index (κ2) is 4.65. The topological polar surface area (TPSA) is 49.3 Å². The molecule has 4 heteroatoms. The van der Waals surface area contributed by atoms with Crippen LogP contribution in [0, 0.1) is 0 Å². The summed E-state index contributed by atoms with van der Waals surface area (Å²) in [6, 6.07) is 0. The molecule has 1 unspecified atom stereocenters. The fraction of sp³-hybridized carbons (Fsp3) is 0.889. The van der Waals surface area contributed by atoms with Gasteiger partial charge in [-0.3, -0.25) is 4.79 Å². The molecule has 0 saturated carbocycles. The summed E-state index contributed by atoms with van der Waals surface area (Å²) in [5.41, 5.74) is -0.588. The number of unbranched alkanes of at least 4 members (excludes halogenated alkanes) is 1. The fourth-order valence-electron chi connectivity index (χ4n) is 1.99. The number of aliphatic carboxylic acids is 1. The number of carboxylic acid groups (broad SMARTS) is 1. The summed E-state index contributed by atoms with van der Waals surface area (Å²) < 4.78 is 0. The molecule has 1 saturated heterocycles. The van der Waals surface area contributed by atoms with E-state index in [9.17, 15) is 4.79 Å². The number of carboxylic acids is 1. The van der Waals surface area contributed by atoms with Crippen molar-refractivity contribution in [2.45, 2.75) is 44.0 Å². The van der Waals surface area contributed by atoms with E-state index < -0.39 is 11.5 Å². The summed E-state index contributed by atoms with van der Waals surface area (Å²) in [5.74, 6) is -0.666. The highest BCUT2D eigenvalue weighted by Crippen LogP contribution is 2.25. The molecule has 0 aliphatic carbocycles. The first kappa shape index (κ1) is 10.6. The van der Waals surface area contributed by atoms with E-state index in [1.54, 1.807) is 0 Å². The Balaban J connectivity index is 2.43. The molecule has 13 heavy (non-hydrogen) atoms. The van der Waals surface area contributed by atoms with E-state index in [4.69, 9.17) is 5.11 Å². The third kappa shape index (κ3) is 2.47. The molecule has 1 rings (SSSR count). The summed E-state index contributed by atoms with van der Waals surface area (Å²) in [5, 5.41) is 12.2. The van der Waals surface area contributed by atoms with E-state index in [1.807, 2.05) is 0 Å². The third-order valence-corrected chi connectivity index (χ3v) is 2.86. The minimum absolute atomic E-state index is 0.588. The summed E-state index contributed by atoms with van der Waals surface area (Å²) in [7, 11) is 2.13. The van der Waals surface area contributed by atoms with Crippen molar-refractivity contribution in [3.8, 4) is 0 Å². The Morgan fingerprint density at radius 1 is 1.54 bits per heavy atom. The predicted molar refractivity (Wildman–Crippen MR) is 54.8 cm³/mol. The molecule has 74 valence electrons. The number of hydrogen-bond acceptors (Lipinski definition) is 2. The van der Waals surface area contributed by atoms with Crippen LogP contribution in [0.2, 0.25) is 6.32 Å². The molecule has 0 radical (unpaired) electrons. The Kier molecular flexibility index (Phi) is 3.79. The van der Waals surface area contributed by atoms with Gasteiger partial charge in [0, 0.05) is 0 Å². The molecule has 3 nitrogen and oxygen atoms in total. The van der Waals surface area contributed by atoms with Gasteiger partial charge in [-0.15, -0.1) is 0 Å². The average Bonchev–Trinajstić information content (AvgIpc) is 2.55. The van der Waals surface area contributed by atoms with Crippen molar-refractivity contribution in [2.24, 2.45) is 0 Å². The van der Waals surface area contributed by atoms with Crippen LogP contribution in [-0.2, 0) is 4.79 Å². The molecule has 1 fully saturated rings. The molecule has 1 aliphatic heterocycles. The number of hydrogen-bond donors (Lipinski definition) is 2. The van der Waals surface area contributed by atoms with E-state index in [0.29, 0.717) is 0 Å². The lowest BCUT2D eigenvalue weighted by molar-refractivity contribution is -0.144. The van der Waals surface area contributed by atoms with Crippen LogP contribution < -0.4 is 5.32 Å². The minimum Gasteiger partial charge on any atom is -0.480 e. The van der Waals surface area contributed by atoms with Crippen LogP contribution in [0.4, 0.5) is 0 Å². The maximum atomic E-state index is 11.1. The standard InChI is InChI=1S/C9H18BNO2/c10-6-2-1-4-9(8(12)13)5-3-7-11-9/h11H,1-7,10H2,(H,12,13). The number of rotatable bonds is 5. The quantitative estimate of drug-likeness (QED) is 0.479. The van der Waals surface area contributed by atoms with Crippen LogP contribution >= 0.6 is 0 Å². The molecule has 0 bridgehead atoms. The molecule has 1 aliphatic rings. The Labute approximate surface area is 80.3 Å². The van der Waals surface area contributed by atoms with Gasteiger partial charge >= 0.3 is 5.97 Å². The lowest BCUT2D eigenvalue weighted by Gasteiger charge is -2.24. The number of carbonyl (C=O) groups is 1. The first-order valence-electron chi connectivity index (χ1n) is 5.20. The molecule has 0 aromatic rings. The second-order valence-electron chi connectivity index (χ2n) is 3.87. The maximum absolute atomic E-state index is 11.1. The van der Waals surface area contributed by atoms with Gasteiger partial charge in [-0.2, -0.15) is 0 Å². The normalized spacial score (nSPS) is 27.7. The lowest BCUT2D eigenvalue weighted by Crippen LogP contribution is -2.47. The van der Waals surface area contributed by atoms with E-state index in [-0.39, 0.29) is 0 Å². The summed E-state index contributed by atoms with van der Waals surface area (Å²) in [4.78, 5) is 11.1. The molecule has 0 spiro atoms. The zero-order valence-electron chi connectivity index (χ0n) is 8.31. The highest BCUT2D eigenvalue weighted by atomic mass is 16.4. The van der Waals surface area contributed by atoms with E-state index in [2.05, 4.69) is 13.2 Å². The second-order valence-corrected chi connectivity index (χ2v) is 3.87. The summed E-state index contributed by atoms with van der Waals surface area (Å²) in [6.07, 6.45) is 5.89. The molecule has 1 atom stereocenters. The predicted octanol–water partition coefficient (Wildman–Crippen LogP) is 0.415. The van der Waals surface area contributed by atoms with Gasteiger partial charge in [-0.1, -0.05) is 19.2 Å². The summed E-state index contributed by atoms with van der Waals surface area (Å²) in [6.45, 7) is 0.860. The Morgan fingerprint density at radius 2 is 2.31 bits per heavy atom. The van der Waals surface area contributed by atoms with Crippen LogP contribution in [0.5, 0.6) is 0 Å². The molecule has 0 aromatic carbocycles.